The van der Waals surface area contributed by atoms with Crippen LogP contribution < -0.4 is 5.73 Å². The smallest absolute Gasteiger partial charge is 0.141 e. The summed E-state index contributed by atoms with van der Waals surface area (Å²) in [4.78, 5) is 3.89. The van der Waals surface area contributed by atoms with Crippen LogP contribution in [-0.2, 0) is 13.0 Å². The second kappa shape index (κ2) is 5.43. The molecule has 0 spiro atoms. The first-order valence-electron chi connectivity index (χ1n) is 6.63. The van der Waals surface area contributed by atoms with Crippen LogP contribution in [0.1, 0.15) is 11.1 Å². The fraction of sp³-hybridized carbons (Fsp3) is 0.188. The minimum absolute atomic E-state index is 0.303. The van der Waals surface area contributed by atoms with Crippen molar-refractivity contribution in [3.8, 4) is 0 Å². The Bertz CT molecular complexity index is 733. The zero-order valence-corrected chi connectivity index (χ0v) is 11.1. The predicted octanol–water partition coefficient (Wildman–Crippen LogP) is 2.72. The summed E-state index contributed by atoms with van der Waals surface area (Å²) in [5.41, 5.74) is 8.81. The summed E-state index contributed by atoms with van der Waals surface area (Å²) in [5.74, 6) is -0.303. The Morgan fingerprint density at radius 2 is 2.00 bits per heavy atom. The third-order valence-electron chi connectivity index (χ3n) is 3.39. The summed E-state index contributed by atoms with van der Waals surface area (Å²) >= 11 is 0. The van der Waals surface area contributed by atoms with Crippen LogP contribution in [-0.4, -0.2) is 16.1 Å². The quantitative estimate of drug-likeness (QED) is 0.791. The zero-order chi connectivity index (χ0) is 13.9. The highest BCUT2D eigenvalue weighted by atomic mass is 19.1. The van der Waals surface area contributed by atoms with Crippen molar-refractivity contribution in [1.82, 2.24) is 9.55 Å². The van der Waals surface area contributed by atoms with Crippen LogP contribution in [0.15, 0.2) is 48.9 Å². The number of rotatable bonds is 4. The molecule has 0 atom stereocenters. The maximum Gasteiger partial charge on any atom is 0.141 e. The van der Waals surface area contributed by atoms with Gasteiger partial charge in [0.05, 0.1) is 6.20 Å². The number of benzene rings is 1. The molecule has 4 heteroatoms. The highest BCUT2D eigenvalue weighted by molar-refractivity contribution is 5.81. The van der Waals surface area contributed by atoms with E-state index in [2.05, 4.69) is 33.8 Å². The van der Waals surface area contributed by atoms with Crippen molar-refractivity contribution in [3.05, 3.63) is 65.9 Å². The van der Waals surface area contributed by atoms with Crippen molar-refractivity contribution in [2.24, 2.45) is 5.73 Å². The van der Waals surface area contributed by atoms with Gasteiger partial charge in [-0.15, -0.1) is 0 Å². The summed E-state index contributed by atoms with van der Waals surface area (Å²) in [6, 6.07) is 9.93. The molecule has 0 saturated carbocycles. The van der Waals surface area contributed by atoms with Gasteiger partial charge in [-0.25, -0.2) is 4.39 Å². The molecule has 102 valence electrons. The second-order valence-electron chi connectivity index (χ2n) is 4.89. The molecule has 1 aromatic carbocycles. The molecule has 3 aromatic rings. The van der Waals surface area contributed by atoms with E-state index >= 15 is 0 Å². The van der Waals surface area contributed by atoms with Gasteiger partial charge in [0.1, 0.15) is 5.82 Å². The number of fused-ring (bicyclic) bond motifs is 1. The molecule has 2 N–H and O–H groups in total. The molecule has 0 unspecified atom stereocenters. The molecule has 0 aliphatic heterocycles. The number of halogens is 1. The fourth-order valence-corrected chi connectivity index (χ4v) is 2.43. The van der Waals surface area contributed by atoms with Crippen LogP contribution in [0.2, 0.25) is 0 Å². The predicted molar refractivity (Wildman–Crippen MR) is 78.0 cm³/mol. The highest BCUT2D eigenvalue weighted by Gasteiger charge is 2.04. The maximum absolute atomic E-state index is 13.2. The van der Waals surface area contributed by atoms with Crippen molar-refractivity contribution in [2.75, 3.05) is 6.54 Å². The van der Waals surface area contributed by atoms with Gasteiger partial charge in [-0.2, -0.15) is 0 Å². The molecule has 0 amide bonds. The summed E-state index contributed by atoms with van der Waals surface area (Å²) < 4.78 is 15.3. The third-order valence-corrected chi connectivity index (χ3v) is 3.39. The number of nitrogens with two attached hydrogens (primary N) is 1. The summed E-state index contributed by atoms with van der Waals surface area (Å²) in [5, 5.41) is 1.18. The molecule has 2 heterocycles. The lowest BCUT2D eigenvalue weighted by Gasteiger charge is -2.07. The third kappa shape index (κ3) is 2.56. The summed E-state index contributed by atoms with van der Waals surface area (Å²) in [7, 11) is 0. The largest absolute Gasteiger partial charge is 0.343 e. The van der Waals surface area contributed by atoms with Gasteiger partial charge in [-0.1, -0.05) is 12.1 Å². The normalized spacial score (nSPS) is 11.1. The SMILES string of the molecule is NCCc1ccc2ccn(Cc3cncc(F)c3)c2c1. The van der Waals surface area contributed by atoms with Crippen LogP contribution in [0.5, 0.6) is 0 Å². The van der Waals surface area contributed by atoms with Crippen LogP contribution in [0.3, 0.4) is 0 Å². The van der Waals surface area contributed by atoms with E-state index in [1.807, 2.05) is 6.20 Å². The maximum atomic E-state index is 13.2. The van der Waals surface area contributed by atoms with E-state index in [1.165, 1.54) is 23.2 Å². The number of pyridine rings is 1. The van der Waals surface area contributed by atoms with Gasteiger partial charge in [-0.3, -0.25) is 4.98 Å². The molecule has 20 heavy (non-hydrogen) atoms. The van der Waals surface area contributed by atoms with Crippen molar-refractivity contribution in [2.45, 2.75) is 13.0 Å². The standard InChI is InChI=1S/C16H16FN3/c17-15-7-13(9-19-10-15)11-20-6-4-14-2-1-12(3-5-18)8-16(14)20/h1-2,4,6-10H,3,5,11,18H2. The number of aromatic nitrogens is 2. The molecule has 0 fully saturated rings. The summed E-state index contributed by atoms with van der Waals surface area (Å²) in [6.07, 6.45) is 5.79. The van der Waals surface area contributed by atoms with E-state index in [0.29, 0.717) is 13.1 Å². The second-order valence-corrected chi connectivity index (χ2v) is 4.89. The fourth-order valence-electron chi connectivity index (χ4n) is 2.43. The monoisotopic (exact) mass is 269 g/mol. The van der Waals surface area contributed by atoms with Crippen molar-refractivity contribution in [1.29, 1.82) is 0 Å². The minimum Gasteiger partial charge on any atom is -0.343 e. The van der Waals surface area contributed by atoms with Crippen LogP contribution in [0.25, 0.3) is 10.9 Å². The lowest BCUT2D eigenvalue weighted by Crippen LogP contribution is -2.03. The first kappa shape index (κ1) is 12.8. The zero-order valence-electron chi connectivity index (χ0n) is 11.1. The Hall–Kier alpha value is -2.20. The van der Waals surface area contributed by atoms with Gasteiger partial charge >= 0.3 is 0 Å². The number of hydrogen-bond acceptors (Lipinski definition) is 2. The van der Waals surface area contributed by atoms with Crippen molar-refractivity contribution in [3.63, 3.8) is 0 Å². The van der Waals surface area contributed by atoms with Crippen LogP contribution in [0.4, 0.5) is 4.39 Å². The molecule has 0 saturated heterocycles. The first-order valence-corrected chi connectivity index (χ1v) is 6.63. The molecule has 0 aliphatic rings. The minimum atomic E-state index is -0.303. The average molecular weight is 269 g/mol. The Balaban J connectivity index is 1.96. The highest BCUT2D eigenvalue weighted by Crippen LogP contribution is 2.19. The molecule has 0 radical (unpaired) electrons. The molecule has 0 bridgehead atoms. The molecule has 0 aliphatic carbocycles. The van der Waals surface area contributed by atoms with E-state index in [4.69, 9.17) is 5.73 Å². The van der Waals surface area contributed by atoms with Gasteiger partial charge in [-0.05, 0) is 47.7 Å². The van der Waals surface area contributed by atoms with Gasteiger partial charge in [0.2, 0.25) is 0 Å². The average Bonchev–Trinajstić information content (AvgIpc) is 2.82. The molecule has 2 aromatic heterocycles. The first-order chi connectivity index (χ1) is 9.76. The Kier molecular flexibility index (Phi) is 3.48. The van der Waals surface area contributed by atoms with E-state index in [-0.39, 0.29) is 5.82 Å². The van der Waals surface area contributed by atoms with E-state index < -0.39 is 0 Å². The Labute approximate surface area is 116 Å². The van der Waals surface area contributed by atoms with Crippen molar-refractivity contribution < 1.29 is 4.39 Å². The van der Waals surface area contributed by atoms with Crippen LogP contribution in [0, 0.1) is 5.82 Å². The molecular weight excluding hydrogens is 253 g/mol. The number of nitrogens with zero attached hydrogens (tertiary/aromatic N) is 2. The van der Waals surface area contributed by atoms with Crippen LogP contribution >= 0.6 is 0 Å². The van der Waals surface area contributed by atoms with Gasteiger partial charge in [0.15, 0.2) is 0 Å². The molecular formula is C16H16FN3. The van der Waals surface area contributed by atoms with E-state index in [9.17, 15) is 4.39 Å². The van der Waals surface area contributed by atoms with E-state index in [0.717, 1.165) is 17.5 Å². The number of hydrogen-bond donors (Lipinski definition) is 1. The Morgan fingerprint density at radius 3 is 2.80 bits per heavy atom. The Morgan fingerprint density at radius 1 is 1.10 bits per heavy atom. The molecule has 3 nitrogen and oxygen atoms in total. The van der Waals surface area contributed by atoms with Gasteiger partial charge in [0, 0.05) is 24.5 Å². The topological polar surface area (TPSA) is 43.8 Å². The van der Waals surface area contributed by atoms with Gasteiger partial charge < -0.3 is 10.3 Å². The van der Waals surface area contributed by atoms with E-state index in [1.54, 1.807) is 6.20 Å². The van der Waals surface area contributed by atoms with Crippen molar-refractivity contribution >= 4 is 10.9 Å². The molecule has 3 rings (SSSR count). The van der Waals surface area contributed by atoms with Gasteiger partial charge in [0.25, 0.3) is 0 Å². The summed E-state index contributed by atoms with van der Waals surface area (Å²) in [6.45, 7) is 1.25. The lowest BCUT2D eigenvalue weighted by molar-refractivity contribution is 0.617. The lowest BCUT2D eigenvalue weighted by atomic mass is 10.1.